The van der Waals surface area contributed by atoms with E-state index >= 15 is 0 Å². The molecule has 0 spiro atoms. The number of carboxylic acid groups (broad SMARTS) is 1. The van der Waals surface area contributed by atoms with Crippen molar-refractivity contribution in [3.63, 3.8) is 0 Å². The fourth-order valence-corrected chi connectivity index (χ4v) is 2.33. The first kappa shape index (κ1) is 13.8. The smallest absolute Gasteiger partial charge is 0.308 e. The first-order valence-corrected chi connectivity index (χ1v) is 6.52. The molecule has 4 N–H and O–H groups in total. The lowest BCUT2D eigenvalue weighted by Gasteiger charge is -2.03. The number of fused-ring (bicyclic) bond motifs is 1. The first-order valence-electron chi connectivity index (χ1n) is 6.52. The van der Waals surface area contributed by atoms with Crippen LogP contribution in [-0.2, 0) is 11.2 Å². The predicted octanol–water partition coefficient (Wildman–Crippen LogP) is 0.602. The van der Waals surface area contributed by atoms with E-state index in [1.165, 1.54) is 4.52 Å². The average Bonchev–Trinajstić information content (AvgIpc) is 2.78. The molecule has 8 nitrogen and oxygen atoms in total. The molecule has 1 aromatic carbocycles. The van der Waals surface area contributed by atoms with Crippen LogP contribution in [0, 0.1) is 6.92 Å². The van der Waals surface area contributed by atoms with Gasteiger partial charge in [0, 0.05) is 22.5 Å². The van der Waals surface area contributed by atoms with Crippen LogP contribution >= 0.6 is 0 Å². The van der Waals surface area contributed by atoms with E-state index in [2.05, 4.69) is 15.3 Å². The van der Waals surface area contributed by atoms with Crippen LogP contribution < -0.4 is 11.3 Å². The van der Waals surface area contributed by atoms with Crippen molar-refractivity contribution in [2.45, 2.75) is 13.3 Å². The zero-order valence-corrected chi connectivity index (χ0v) is 11.7. The molecule has 0 atom stereocenters. The second-order valence-corrected chi connectivity index (χ2v) is 4.89. The summed E-state index contributed by atoms with van der Waals surface area (Å²) in [5.41, 5.74) is 7.66. The Kier molecular flexibility index (Phi) is 3.13. The van der Waals surface area contributed by atoms with Gasteiger partial charge in [0.2, 0.25) is 0 Å². The lowest BCUT2D eigenvalue weighted by molar-refractivity contribution is -0.136. The van der Waals surface area contributed by atoms with Crippen LogP contribution in [0.4, 0.5) is 5.69 Å². The van der Waals surface area contributed by atoms with Crippen LogP contribution in [0.2, 0.25) is 0 Å². The predicted molar refractivity (Wildman–Crippen MR) is 79.5 cm³/mol. The number of nitrogens with zero attached hydrogens (tertiary/aromatic N) is 3. The topological polar surface area (TPSA) is 126 Å². The molecule has 0 aliphatic heterocycles. The van der Waals surface area contributed by atoms with E-state index in [0.29, 0.717) is 22.5 Å². The lowest BCUT2D eigenvalue weighted by atomic mass is 10.1. The minimum Gasteiger partial charge on any atom is -0.481 e. The maximum absolute atomic E-state index is 12.6. The summed E-state index contributed by atoms with van der Waals surface area (Å²) in [5, 5.41) is 19.7. The highest BCUT2D eigenvalue weighted by atomic mass is 16.4. The van der Waals surface area contributed by atoms with Gasteiger partial charge in [0.05, 0.1) is 6.42 Å². The summed E-state index contributed by atoms with van der Waals surface area (Å²) >= 11 is 0. The third kappa shape index (κ3) is 2.10. The second-order valence-electron chi connectivity index (χ2n) is 4.89. The van der Waals surface area contributed by atoms with E-state index in [9.17, 15) is 9.59 Å². The number of carbonyl (C=O) groups is 1. The molecular formula is C14H13N5O3. The minimum absolute atomic E-state index is 0.110. The van der Waals surface area contributed by atoms with E-state index < -0.39 is 11.5 Å². The van der Waals surface area contributed by atoms with Crippen molar-refractivity contribution in [2.24, 2.45) is 0 Å². The van der Waals surface area contributed by atoms with Crippen LogP contribution in [0.5, 0.6) is 0 Å². The van der Waals surface area contributed by atoms with Crippen LogP contribution in [0.1, 0.15) is 11.3 Å². The molecule has 0 saturated carbocycles. The van der Waals surface area contributed by atoms with E-state index in [1.54, 1.807) is 31.2 Å². The third-order valence-electron chi connectivity index (χ3n) is 3.41. The van der Waals surface area contributed by atoms with Gasteiger partial charge < -0.3 is 10.8 Å². The molecule has 0 bridgehead atoms. The van der Waals surface area contributed by atoms with Gasteiger partial charge in [-0.2, -0.15) is 4.52 Å². The van der Waals surface area contributed by atoms with Gasteiger partial charge in [-0.1, -0.05) is 18.2 Å². The van der Waals surface area contributed by atoms with Crippen LogP contribution in [0.3, 0.4) is 0 Å². The number of hydrogen-bond acceptors (Lipinski definition) is 5. The number of hydrogen-bond donors (Lipinski definition) is 3. The largest absolute Gasteiger partial charge is 0.481 e. The Balaban J connectivity index is 2.26. The second kappa shape index (κ2) is 4.99. The van der Waals surface area contributed by atoms with Crippen LogP contribution in [0.25, 0.3) is 16.9 Å². The molecule has 0 amide bonds. The lowest BCUT2D eigenvalue weighted by Crippen LogP contribution is -2.20. The van der Waals surface area contributed by atoms with Crippen LogP contribution in [0.15, 0.2) is 29.1 Å². The summed E-state index contributed by atoms with van der Waals surface area (Å²) in [6.45, 7) is 1.68. The van der Waals surface area contributed by atoms with E-state index in [0.717, 1.165) is 0 Å². The molecule has 0 saturated heterocycles. The van der Waals surface area contributed by atoms with Gasteiger partial charge in [0.15, 0.2) is 11.3 Å². The number of aromatic amines is 1. The monoisotopic (exact) mass is 299 g/mol. The summed E-state index contributed by atoms with van der Waals surface area (Å²) in [5.74, 6) is -1.00. The summed E-state index contributed by atoms with van der Waals surface area (Å²) in [6.07, 6.45) is -0.236. The summed E-state index contributed by atoms with van der Waals surface area (Å²) in [4.78, 5) is 23.5. The highest BCUT2D eigenvalue weighted by molar-refractivity contribution is 5.75. The number of nitrogens with one attached hydrogen (secondary N) is 1. The maximum atomic E-state index is 12.6. The van der Waals surface area contributed by atoms with Crippen molar-refractivity contribution in [2.75, 3.05) is 5.73 Å². The number of para-hydroxylation sites is 1. The van der Waals surface area contributed by atoms with Gasteiger partial charge in [-0.25, -0.2) is 0 Å². The number of nitrogens with two attached hydrogens (primary N) is 1. The highest BCUT2D eigenvalue weighted by Gasteiger charge is 2.18. The number of benzene rings is 1. The number of rotatable bonds is 3. The number of aliphatic carboxylic acids is 1. The zero-order chi connectivity index (χ0) is 15.9. The molecule has 0 fully saturated rings. The fraction of sp³-hybridized carbons (Fsp3) is 0.143. The molecule has 8 heteroatoms. The van der Waals surface area contributed by atoms with Crippen molar-refractivity contribution in [3.8, 4) is 11.3 Å². The van der Waals surface area contributed by atoms with Gasteiger partial charge >= 0.3 is 5.97 Å². The number of aromatic nitrogens is 4. The molecule has 0 aliphatic carbocycles. The number of carboxylic acids is 1. The molecular weight excluding hydrogens is 286 g/mol. The summed E-state index contributed by atoms with van der Waals surface area (Å²) in [6, 6.07) is 6.85. The van der Waals surface area contributed by atoms with Gasteiger partial charge in [0.1, 0.15) is 0 Å². The number of nitrogen functional groups attached to an aromatic ring is 1. The standard InChI is InChI=1S/C14H13N5O3/c1-7-9(6-11(20)21)13-17-16-12(14(22)19(13)18-7)8-4-2-3-5-10(8)15/h2-5,18H,6,15H2,1H3,(H,20,21). The maximum Gasteiger partial charge on any atom is 0.308 e. The number of aryl methyl sites for hydroxylation is 1. The molecule has 3 rings (SSSR count). The molecule has 2 heterocycles. The van der Waals surface area contributed by atoms with Gasteiger partial charge in [-0.15, -0.1) is 10.2 Å². The zero-order valence-electron chi connectivity index (χ0n) is 11.7. The highest BCUT2D eigenvalue weighted by Crippen LogP contribution is 2.21. The Morgan fingerprint density at radius 3 is 2.77 bits per heavy atom. The Morgan fingerprint density at radius 2 is 2.09 bits per heavy atom. The Hall–Kier alpha value is -3.16. The van der Waals surface area contributed by atoms with E-state index in [1.807, 2.05) is 0 Å². The first-order chi connectivity index (χ1) is 10.5. The van der Waals surface area contributed by atoms with Crippen molar-refractivity contribution >= 4 is 17.3 Å². The Labute approximate surface area is 124 Å². The van der Waals surface area contributed by atoms with Crippen molar-refractivity contribution in [3.05, 3.63) is 45.9 Å². The molecule has 3 aromatic rings. The number of H-pyrrole nitrogens is 1. The number of anilines is 1. The summed E-state index contributed by atoms with van der Waals surface area (Å²) in [7, 11) is 0. The molecule has 0 aliphatic rings. The van der Waals surface area contributed by atoms with Crippen molar-refractivity contribution in [1.29, 1.82) is 0 Å². The quantitative estimate of drug-likeness (QED) is 0.608. The average molecular weight is 299 g/mol. The van der Waals surface area contributed by atoms with E-state index in [4.69, 9.17) is 10.8 Å². The van der Waals surface area contributed by atoms with Gasteiger partial charge in [-0.3, -0.25) is 14.7 Å². The molecule has 2 aromatic heterocycles. The third-order valence-corrected chi connectivity index (χ3v) is 3.41. The molecule has 0 unspecified atom stereocenters. The minimum atomic E-state index is -1.00. The molecule has 22 heavy (non-hydrogen) atoms. The SMILES string of the molecule is Cc1[nH]n2c(=O)c(-c3ccccc3N)nnc2c1CC(=O)O. The van der Waals surface area contributed by atoms with E-state index in [-0.39, 0.29) is 17.8 Å². The Bertz CT molecular complexity index is 941. The van der Waals surface area contributed by atoms with Crippen LogP contribution in [-0.4, -0.2) is 30.9 Å². The summed E-state index contributed by atoms with van der Waals surface area (Å²) < 4.78 is 1.20. The molecule has 112 valence electrons. The van der Waals surface area contributed by atoms with Gasteiger partial charge in [0.25, 0.3) is 5.56 Å². The Morgan fingerprint density at radius 1 is 1.36 bits per heavy atom. The normalized spacial score (nSPS) is 11.0. The van der Waals surface area contributed by atoms with Crippen molar-refractivity contribution in [1.82, 2.24) is 19.8 Å². The molecule has 0 radical (unpaired) electrons. The fourth-order valence-electron chi connectivity index (χ4n) is 2.33. The van der Waals surface area contributed by atoms with Crippen molar-refractivity contribution < 1.29 is 9.90 Å². The van der Waals surface area contributed by atoms with Gasteiger partial charge in [-0.05, 0) is 13.0 Å².